The molecule has 110 valence electrons. The van der Waals surface area contributed by atoms with Gasteiger partial charge >= 0.3 is 0 Å². The molecule has 0 aliphatic heterocycles. The first-order chi connectivity index (χ1) is 9.49. The average molecular weight is 296 g/mol. The van der Waals surface area contributed by atoms with Crippen molar-refractivity contribution in [3.05, 3.63) is 40.3 Å². The van der Waals surface area contributed by atoms with E-state index in [1.807, 2.05) is 13.8 Å². The lowest BCUT2D eigenvalue weighted by Crippen LogP contribution is -2.31. The molecular weight excluding hydrogens is 276 g/mol. The molecule has 1 aromatic rings. The first-order valence-corrected chi connectivity index (χ1v) is 8.08. The van der Waals surface area contributed by atoms with Crippen LogP contribution >= 0.6 is 0 Å². The number of nitrogens with one attached hydrogen (secondary N) is 1. The van der Waals surface area contributed by atoms with Crippen molar-refractivity contribution in [3.8, 4) is 0 Å². The van der Waals surface area contributed by atoms with E-state index in [1.165, 1.54) is 0 Å². The summed E-state index contributed by atoms with van der Waals surface area (Å²) in [6.07, 6.45) is 2.55. The van der Waals surface area contributed by atoms with Crippen molar-refractivity contribution in [1.82, 2.24) is 4.72 Å². The van der Waals surface area contributed by atoms with E-state index in [2.05, 4.69) is 14.7 Å². The maximum Gasteiger partial charge on any atom is 0.240 e. The fourth-order valence-corrected chi connectivity index (χ4v) is 2.79. The van der Waals surface area contributed by atoms with Crippen molar-refractivity contribution in [2.45, 2.75) is 44.0 Å². The lowest BCUT2D eigenvalue weighted by Gasteiger charge is -2.12. The molecule has 0 aliphatic carbocycles. The van der Waals surface area contributed by atoms with E-state index in [9.17, 15) is 8.42 Å². The smallest absolute Gasteiger partial charge is 0.211 e. The fraction of sp³-hybridized carbons (Fsp3) is 0.538. The number of rotatable bonds is 8. The Morgan fingerprint density at radius 3 is 2.55 bits per heavy atom. The summed E-state index contributed by atoms with van der Waals surface area (Å²) >= 11 is 0. The van der Waals surface area contributed by atoms with Gasteiger partial charge in [-0.15, -0.1) is 0 Å². The molecule has 0 bridgehead atoms. The number of nitrogens with zero attached hydrogens (tertiary/aromatic N) is 3. The van der Waals surface area contributed by atoms with Crippen molar-refractivity contribution < 1.29 is 8.42 Å². The zero-order valence-corrected chi connectivity index (χ0v) is 12.6. The minimum absolute atomic E-state index is 0.125. The second-order valence-corrected chi connectivity index (χ2v) is 6.43. The second kappa shape index (κ2) is 7.89. The Morgan fingerprint density at radius 2 is 2.00 bits per heavy atom. The largest absolute Gasteiger partial charge is 0.240 e. The molecule has 7 heteroatoms. The van der Waals surface area contributed by atoms with Gasteiger partial charge in [-0.1, -0.05) is 42.6 Å². The van der Waals surface area contributed by atoms with Gasteiger partial charge in [0.05, 0.1) is 10.9 Å². The predicted molar refractivity (Wildman–Crippen MR) is 78.8 cm³/mol. The molecule has 6 nitrogen and oxygen atoms in total. The van der Waals surface area contributed by atoms with Gasteiger partial charge < -0.3 is 0 Å². The molecule has 1 atom stereocenters. The van der Waals surface area contributed by atoms with Crippen LogP contribution in [0, 0.1) is 6.92 Å². The van der Waals surface area contributed by atoms with Gasteiger partial charge in [-0.05, 0) is 31.0 Å². The van der Waals surface area contributed by atoms with E-state index >= 15 is 0 Å². The van der Waals surface area contributed by atoms with E-state index in [0.717, 1.165) is 18.4 Å². The van der Waals surface area contributed by atoms with Crippen LogP contribution in [-0.2, 0) is 10.0 Å². The summed E-state index contributed by atoms with van der Waals surface area (Å²) in [4.78, 5) is 2.98. The molecule has 0 saturated heterocycles. The number of benzene rings is 1. The SMILES string of the molecule is CCCCC(CNS(=O)(=O)c1ccc(C)cc1)N=[N+]=[N-]. The highest BCUT2D eigenvalue weighted by Crippen LogP contribution is 2.11. The van der Waals surface area contributed by atoms with Crippen LogP contribution in [0.5, 0.6) is 0 Å². The van der Waals surface area contributed by atoms with Crippen LogP contribution in [0.1, 0.15) is 31.7 Å². The molecule has 0 saturated carbocycles. The van der Waals surface area contributed by atoms with Crippen molar-refractivity contribution in [2.75, 3.05) is 6.54 Å². The summed E-state index contributed by atoms with van der Waals surface area (Å²) in [6.45, 7) is 4.05. The minimum atomic E-state index is -3.55. The molecule has 0 amide bonds. The molecule has 0 aliphatic rings. The van der Waals surface area contributed by atoms with E-state index in [4.69, 9.17) is 5.53 Å². The third-order valence-corrected chi connectivity index (χ3v) is 4.39. The highest BCUT2D eigenvalue weighted by molar-refractivity contribution is 7.89. The number of hydrogen-bond donors (Lipinski definition) is 1. The van der Waals surface area contributed by atoms with Gasteiger partial charge in [-0.2, -0.15) is 0 Å². The summed E-state index contributed by atoms with van der Waals surface area (Å²) < 4.78 is 26.7. The topological polar surface area (TPSA) is 94.9 Å². The molecule has 0 heterocycles. The molecule has 1 unspecified atom stereocenters. The van der Waals surface area contributed by atoms with Crippen molar-refractivity contribution in [3.63, 3.8) is 0 Å². The highest BCUT2D eigenvalue weighted by atomic mass is 32.2. The average Bonchev–Trinajstić information content (AvgIpc) is 2.42. The first-order valence-electron chi connectivity index (χ1n) is 6.60. The molecule has 1 aromatic carbocycles. The Labute approximate surface area is 119 Å². The van der Waals surface area contributed by atoms with Gasteiger partial charge in [-0.3, -0.25) is 0 Å². The molecule has 0 aromatic heterocycles. The highest BCUT2D eigenvalue weighted by Gasteiger charge is 2.15. The van der Waals surface area contributed by atoms with E-state index < -0.39 is 10.0 Å². The van der Waals surface area contributed by atoms with Crippen LogP contribution in [0.15, 0.2) is 34.3 Å². The standard InChI is InChI=1S/C13H20N4O2S/c1-3-4-5-12(16-17-14)10-15-20(18,19)13-8-6-11(2)7-9-13/h6-9,12,15H,3-5,10H2,1-2H3. The van der Waals surface area contributed by atoms with Gasteiger partial charge in [0, 0.05) is 11.5 Å². The molecule has 20 heavy (non-hydrogen) atoms. The van der Waals surface area contributed by atoms with Gasteiger partial charge in [0.15, 0.2) is 0 Å². The molecule has 1 rings (SSSR count). The maximum absolute atomic E-state index is 12.1. The Hall–Kier alpha value is -1.56. The maximum atomic E-state index is 12.1. The summed E-state index contributed by atoms with van der Waals surface area (Å²) in [5.74, 6) is 0. The summed E-state index contributed by atoms with van der Waals surface area (Å²) in [5.41, 5.74) is 9.49. The summed E-state index contributed by atoms with van der Waals surface area (Å²) in [5, 5.41) is 3.63. The van der Waals surface area contributed by atoms with E-state index in [1.54, 1.807) is 24.3 Å². The van der Waals surface area contributed by atoms with Crippen molar-refractivity contribution in [2.24, 2.45) is 5.11 Å². The van der Waals surface area contributed by atoms with E-state index in [0.29, 0.717) is 6.42 Å². The third kappa shape index (κ3) is 5.21. The minimum Gasteiger partial charge on any atom is -0.211 e. The second-order valence-electron chi connectivity index (χ2n) is 4.67. The third-order valence-electron chi connectivity index (χ3n) is 2.95. The van der Waals surface area contributed by atoms with Gasteiger partial charge in [0.2, 0.25) is 10.0 Å². The van der Waals surface area contributed by atoms with Crippen LogP contribution < -0.4 is 4.72 Å². The molecular formula is C13H20N4O2S. The number of azide groups is 1. The molecule has 0 spiro atoms. The van der Waals surface area contributed by atoms with Crippen molar-refractivity contribution in [1.29, 1.82) is 0 Å². The summed E-state index contributed by atoms with van der Waals surface area (Å²) in [7, 11) is -3.55. The van der Waals surface area contributed by atoms with Gasteiger partial charge in [-0.25, -0.2) is 13.1 Å². The lowest BCUT2D eigenvalue weighted by molar-refractivity contribution is 0.541. The zero-order valence-electron chi connectivity index (χ0n) is 11.8. The van der Waals surface area contributed by atoms with Crippen LogP contribution in [0.4, 0.5) is 0 Å². The molecule has 0 radical (unpaired) electrons. The van der Waals surface area contributed by atoms with Crippen LogP contribution in [0.3, 0.4) is 0 Å². The number of sulfonamides is 1. The van der Waals surface area contributed by atoms with Gasteiger partial charge in [0.25, 0.3) is 0 Å². The Balaban J connectivity index is 2.70. The van der Waals surface area contributed by atoms with Crippen molar-refractivity contribution >= 4 is 10.0 Å². The number of aryl methyl sites for hydroxylation is 1. The lowest BCUT2D eigenvalue weighted by atomic mass is 10.1. The number of unbranched alkanes of at least 4 members (excludes halogenated alkanes) is 1. The van der Waals surface area contributed by atoms with Crippen LogP contribution in [0.25, 0.3) is 10.4 Å². The Bertz CT molecular complexity index is 563. The van der Waals surface area contributed by atoms with Crippen LogP contribution in [0.2, 0.25) is 0 Å². The normalized spacial score (nSPS) is 12.7. The van der Waals surface area contributed by atoms with E-state index in [-0.39, 0.29) is 17.5 Å². The van der Waals surface area contributed by atoms with Gasteiger partial charge in [0.1, 0.15) is 0 Å². The Kier molecular flexibility index (Phi) is 6.51. The quantitative estimate of drug-likeness (QED) is 0.453. The summed E-state index contributed by atoms with van der Waals surface area (Å²) in [6, 6.07) is 6.27. The monoisotopic (exact) mass is 296 g/mol. The predicted octanol–water partition coefficient (Wildman–Crippen LogP) is 3.14. The first kappa shape index (κ1) is 16.5. The number of hydrogen-bond acceptors (Lipinski definition) is 3. The van der Waals surface area contributed by atoms with Crippen LogP contribution in [-0.4, -0.2) is 21.0 Å². The fourth-order valence-electron chi connectivity index (χ4n) is 1.72. The molecule has 1 N–H and O–H groups in total. The molecule has 0 fully saturated rings. The zero-order chi connectivity index (χ0) is 15.0. The Morgan fingerprint density at radius 1 is 1.35 bits per heavy atom.